The summed E-state index contributed by atoms with van der Waals surface area (Å²) in [6.07, 6.45) is 0. The van der Waals surface area contributed by atoms with Gasteiger partial charge in [-0.05, 0) is 45.9 Å². The van der Waals surface area contributed by atoms with Gasteiger partial charge in [0, 0.05) is 10.6 Å². The van der Waals surface area contributed by atoms with Crippen molar-refractivity contribution in [3.63, 3.8) is 0 Å². The molecule has 100 valence electrons. The molecule has 0 saturated carbocycles. The minimum atomic E-state index is -0.503. The lowest BCUT2D eigenvalue weighted by molar-refractivity contribution is -0.156. The highest BCUT2D eigenvalue weighted by Gasteiger charge is 2.25. The van der Waals surface area contributed by atoms with Crippen molar-refractivity contribution in [1.82, 2.24) is 0 Å². The molecule has 0 aliphatic heterocycles. The second-order valence-corrected chi connectivity index (χ2v) is 5.58. The maximum absolute atomic E-state index is 12.0. The minimum absolute atomic E-state index is 0.289. The van der Waals surface area contributed by atoms with Crippen molar-refractivity contribution in [3.05, 3.63) is 28.8 Å². The molecule has 18 heavy (non-hydrogen) atoms. The van der Waals surface area contributed by atoms with Gasteiger partial charge < -0.3 is 9.47 Å². The standard InChI is InChI=1S/C14H19ClO3/c1-9(13(16)18-14(2,3)4)11-8-10(15)6-7-12(11)17-5/h6-9H,1-5H3. The number of halogens is 1. The Morgan fingerprint density at radius 3 is 2.44 bits per heavy atom. The van der Waals surface area contributed by atoms with Gasteiger partial charge in [-0.25, -0.2) is 0 Å². The van der Waals surface area contributed by atoms with E-state index in [1.54, 1.807) is 32.2 Å². The van der Waals surface area contributed by atoms with Crippen LogP contribution in [0.25, 0.3) is 0 Å². The van der Waals surface area contributed by atoms with Crippen molar-refractivity contribution in [2.45, 2.75) is 39.2 Å². The third-order valence-corrected chi connectivity index (χ3v) is 2.65. The first kappa shape index (κ1) is 14.8. The predicted molar refractivity (Wildman–Crippen MR) is 72.3 cm³/mol. The van der Waals surface area contributed by atoms with Crippen LogP contribution >= 0.6 is 11.6 Å². The summed E-state index contributed by atoms with van der Waals surface area (Å²) in [5, 5.41) is 0.571. The van der Waals surface area contributed by atoms with Gasteiger partial charge in [0.05, 0.1) is 13.0 Å². The summed E-state index contributed by atoms with van der Waals surface area (Å²) < 4.78 is 10.6. The molecule has 0 aromatic heterocycles. The summed E-state index contributed by atoms with van der Waals surface area (Å²) in [7, 11) is 1.56. The highest BCUT2D eigenvalue weighted by atomic mass is 35.5. The average Bonchev–Trinajstić information content (AvgIpc) is 2.25. The molecule has 0 N–H and O–H groups in total. The Kier molecular flexibility index (Phi) is 4.63. The van der Waals surface area contributed by atoms with Crippen LogP contribution in [0.15, 0.2) is 18.2 Å². The van der Waals surface area contributed by atoms with Gasteiger partial charge in [0.15, 0.2) is 0 Å². The molecule has 0 bridgehead atoms. The first-order valence-corrected chi connectivity index (χ1v) is 6.18. The molecule has 0 saturated heterocycles. The molecule has 0 spiro atoms. The smallest absolute Gasteiger partial charge is 0.313 e. The maximum atomic E-state index is 12.0. The summed E-state index contributed by atoms with van der Waals surface area (Å²) in [4.78, 5) is 12.0. The zero-order chi connectivity index (χ0) is 13.9. The maximum Gasteiger partial charge on any atom is 0.313 e. The molecular weight excluding hydrogens is 252 g/mol. The van der Waals surface area contributed by atoms with E-state index in [0.717, 1.165) is 5.56 Å². The van der Waals surface area contributed by atoms with Crippen LogP contribution in [0.3, 0.4) is 0 Å². The fraction of sp³-hybridized carbons (Fsp3) is 0.500. The summed E-state index contributed by atoms with van der Waals surface area (Å²) in [5.74, 6) is -0.0706. The molecule has 0 radical (unpaired) electrons. The van der Waals surface area contributed by atoms with Crippen LogP contribution in [0.2, 0.25) is 5.02 Å². The Morgan fingerprint density at radius 1 is 1.33 bits per heavy atom. The molecular formula is C14H19ClO3. The molecule has 0 aliphatic carbocycles. The fourth-order valence-corrected chi connectivity index (χ4v) is 1.74. The van der Waals surface area contributed by atoms with E-state index in [-0.39, 0.29) is 5.97 Å². The van der Waals surface area contributed by atoms with Crippen molar-refractivity contribution in [2.75, 3.05) is 7.11 Å². The summed E-state index contributed by atoms with van der Waals surface area (Å²) in [5.41, 5.74) is 0.233. The Bertz CT molecular complexity index is 435. The van der Waals surface area contributed by atoms with Gasteiger partial charge in [0.1, 0.15) is 11.4 Å². The van der Waals surface area contributed by atoms with Crippen LogP contribution in [0, 0.1) is 0 Å². The van der Waals surface area contributed by atoms with Crippen LogP contribution in [-0.4, -0.2) is 18.7 Å². The molecule has 0 fully saturated rings. The first-order valence-electron chi connectivity index (χ1n) is 5.81. The van der Waals surface area contributed by atoms with Crippen LogP contribution in [-0.2, 0) is 9.53 Å². The molecule has 0 aliphatic rings. The number of hydrogen-bond acceptors (Lipinski definition) is 3. The quantitative estimate of drug-likeness (QED) is 0.784. The average molecular weight is 271 g/mol. The molecule has 1 aromatic rings. The summed E-state index contributed by atoms with van der Waals surface area (Å²) in [6.45, 7) is 7.30. The van der Waals surface area contributed by atoms with Crippen LogP contribution in [0.1, 0.15) is 39.2 Å². The third-order valence-electron chi connectivity index (χ3n) is 2.42. The summed E-state index contributed by atoms with van der Waals surface area (Å²) >= 11 is 5.95. The molecule has 0 amide bonds. The minimum Gasteiger partial charge on any atom is -0.496 e. The molecule has 1 aromatic carbocycles. The van der Waals surface area contributed by atoms with Crippen LogP contribution in [0.4, 0.5) is 0 Å². The predicted octanol–water partition coefficient (Wildman–Crippen LogP) is 3.79. The zero-order valence-corrected chi connectivity index (χ0v) is 12.2. The Morgan fingerprint density at radius 2 is 1.94 bits per heavy atom. The van der Waals surface area contributed by atoms with E-state index in [2.05, 4.69) is 0 Å². The van der Waals surface area contributed by atoms with Gasteiger partial charge >= 0.3 is 5.97 Å². The third kappa shape index (κ3) is 3.91. The summed E-state index contributed by atoms with van der Waals surface area (Å²) in [6, 6.07) is 5.21. The van der Waals surface area contributed by atoms with Gasteiger partial charge in [0.2, 0.25) is 0 Å². The van der Waals surface area contributed by atoms with E-state index >= 15 is 0 Å². The van der Waals surface area contributed by atoms with E-state index in [1.807, 2.05) is 20.8 Å². The lowest BCUT2D eigenvalue weighted by Crippen LogP contribution is -2.27. The van der Waals surface area contributed by atoms with Crippen molar-refractivity contribution < 1.29 is 14.3 Å². The van der Waals surface area contributed by atoms with Gasteiger partial charge in [-0.3, -0.25) is 4.79 Å². The van der Waals surface area contributed by atoms with Crippen molar-refractivity contribution in [1.29, 1.82) is 0 Å². The number of esters is 1. The zero-order valence-electron chi connectivity index (χ0n) is 11.4. The molecule has 3 nitrogen and oxygen atoms in total. The Balaban J connectivity index is 2.99. The normalized spacial score (nSPS) is 13.0. The highest BCUT2D eigenvalue weighted by molar-refractivity contribution is 6.30. The van der Waals surface area contributed by atoms with Crippen molar-refractivity contribution in [2.24, 2.45) is 0 Å². The van der Waals surface area contributed by atoms with Crippen LogP contribution < -0.4 is 4.74 Å². The van der Waals surface area contributed by atoms with Gasteiger partial charge in [-0.2, -0.15) is 0 Å². The number of methoxy groups -OCH3 is 1. The van der Waals surface area contributed by atoms with Crippen LogP contribution in [0.5, 0.6) is 5.75 Å². The molecule has 4 heteroatoms. The molecule has 1 atom stereocenters. The van der Waals surface area contributed by atoms with E-state index in [4.69, 9.17) is 21.1 Å². The monoisotopic (exact) mass is 270 g/mol. The second kappa shape index (κ2) is 5.61. The SMILES string of the molecule is COc1ccc(Cl)cc1C(C)C(=O)OC(C)(C)C. The molecule has 1 rings (SSSR count). The highest BCUT2D eigenvalue weighted by Crippen LogP contribution is 2.31. The first-order chi connectivity index (χ1) is 8.24. The second-order valence-electron chi connectivity index (χ2n) is 5.14. The number of rotatable bonds is 3. The number of carbonyl (C=O) groups excluding carboxylic acids is 1. The van der Waals surface area contributed by atoms with Crippen molar-refractivity contribution >= 4 is 17.6 Å². The van der Waals surface area contributed by atoms with E-state index in [1.165, 1.54) is 0 Å². The number of benzene rings is 1. The lowest BCUT2D eigenvalue weighted by Gasteiger charge is -2.23. The lowest BCUT2D eigenvalue weighted by atomic mass is 10.00. The van der Waals surface area contributed by atoms with Gasteiger partial charge in [-0.15, -0.1) is 0 Å². The number of carbonyl (C=O) groups is 1. The largest absolute Gasteiger partial charge is 0.496 e. The molecule has 1 unspecified atom stereocenters. The molecule has 0 heterocycles. The van der Waals surface area contributed by atoms with E-state index < -0.39 is 11.5 Å². The number of hydrogen-bond donors (Lipinski definition) is 0. The van der Waals surface area contributed by atoms with Crippen molar-refractivity contribution in [3.8, 4) is 5.75 Å². The Labute approximate surface area is 113 Å². The van der Waals surface area contributed by atoms with E-state index in [0.29, 0.717) is 10.8 Å². The van der Waals surface area contributed by atoms with Gasteiger partial charge in [0.25, 0.3) is 0 Å². The van der Waals surface area contributed by atoms with Gasteiger partial charge in [-0.1, -0.05) is 11.6 Å². The number of ether oxygens (including phenoxy) is 2. The van der Waals surface area contributed by atoms with E-state index in [9.17, 15) is 4.79 Å². The topological polar surface area (TPSA) is 35.5 Å². The Hall–Kier alpha value is -1.22. The fourth-order valence-electron chi connectivity index (χ4n) is 1.56.